The molecule has 0 saturated carbocycles. The summed E-state index contributed by atoms with van der Waals surface area (Å²) in [4.78, 5) is 0. The molecule has 17 heavy (non-hydrogen) atoms. The van der Waals surface area contributed by atoms with Gasteiger partial charge in [-0.1, -0.05) is 35.9 Å². The number of aryl methyl sites for hydroxylation is 2. The summed E-state index contributed by atoms with van der Waals surface area (Å²) in [5, 5.41) is 19.7. The molecule has 0 amide bonds. The number of phenolic OH excluding ortho intramolecular Hbond substituents is 2. The highest BCUT2D eigenvalue weighted by atomic mass is 16.3. The Labute approximate surface area is 101 Å². The molecule has 0 saturated heterocycles. The standard InChI is InChI=1S/C15H16O2/c1-10-7-11(2)15(17)13(8-10)9-12-5-3-4-6-14(12)16/h3-8,16-17H,9H2,1-2H3. The zero-order chi connectivity index (χ0) is 12.4. The second-order valence-electron chi connectivity index (χ2n) is 4.40. The number of aromatic hydroxyl groups is 2. The van der Waals surface area contributed by atoms with Crippen molar-refractivity contribution in [3.63, 3.8) is 0 Å². The Balaban J connectivity index is 2.40. The molecular weight excluding hydrogens is 212 g/mol. The molecular formula is C15H16O2. The molecule has 0 unspecified atom stereocenters. The molecule has 2 aromatic rings. The molecule has 0 atom stereocenters. The number of rotatable bonds is 2. The van der Waals surface area contributed by atoms with Crippen LogP contribution in [0.3, 0.4) is 0 Å². The Morgan fingerprint density at radius 2 is 1.65 bits per heavy atom. The van der Waals surface area contributed by atoms with E-state index in [-0.39, 0.29) is 5.75 Å². The lowest BCUT2D eigenvalue weighted by Gasteiger charge is -2.10. The SMILES string of the molecule is Cc1cc(C)c(O)c(Cc2ccccc2O)c1. The van der Waals surface area contributed by atoms with Crippen molar-refractivity contribution >= 4 is 0 Å². The van der Waals surface area contributed by atoms with E-state index in [0.717, 1.165) is 22.3 Å². The molecule has 2 N–H and O–H groups in total. The zero-order valence-corrected chi connectivity index (χ0v) is 10.1. The van der Waals surface area contributed by atoms with Gasteiger partial charge in [-0.2, -0.15) is 0 Å². The lowest BCUT2D eigenvalue weighted by molar-refractivity contribution is 0.460. The van der Waals surface area contributed by atoms with Gasteiger partial charge in [0.05, 0.1) is 0 Å². The summed E-state index contributed by atoms with van der Waals surface area (Å²) in [5.74, 6) is 0.588. The van der Waals surface area contributed by atoms with Crippen LogP contribution in [0.15, 0.2) is 36.4 Å². The zero-order valence-electron chi connectivity index (χ0n) is 10.1. The summed E-state index contributed by atoms with van der Waals surface area (Å²) >= 11 is 0. The third-order valence-corrected chi connectivity index (χ3v) is 2.90. The van der Waals surface area contributed by atoms with Gasteiger partial charge >= 0.3 is 0 Å². The first kappa shape index (κ1) is 11.5. The maximum atomic E-state index is 9.99. The number of phenols is 2. The summed E-state index contributed by atoms with van der Waals surface area (Å²) < 4.78 is 0. The van der Waals surface area contributed by atoms with E-state index in [2.05, 4.69) is 0 Å². The van der Waals surface area contributed by atoms with Crippen molar-refractivity contribution in [2.75, 3.05) is 0 Å². The van der Waals surface area contributed by atoms with Crippen LogP contribution in [0.4, 0.5) is 0 Å². The molecule has 0 aromatic heterocycles. The van der Waals surface area contributed by atoms with E-state index in [1.807, 2.05) is 38.1 Å². The second kappa shape index (κ2) is 4.50. The number of benzene rings is 2. The smallest absolute Gasteiger partial charge is 0.122 e. The molecule has 2 rings (SSSR count). The molecule has 2 nitrogen and oxygen atoms in total. The molecule has 2 heteroatoms. The molecule has 0 heterocycles. The van der Waals surface area contributed by atoms with E-state index in [1.165, 1.54) is 0 Å². The van der Waals surface area contributed by atoms with Crippen LogP contribution >= 0.6 is 0 Å². The van der Waals surface area contributed by atoms with Gasteiger partial charge in [-0.25, -0.2) is 0 Å². The summed E-state index contributed by atoms with van der Waals surface area (Å²) in [6.45, 7) is 3.89. The summed E-state index contributed by atoms with van der Waals surface area (Å²) in [6, 6.07) is 11.1. The largest absolute Gasteiger partial charge is 0.508 e. The third kappa shape index (κ3) is 2.41. The van der Waals surface area contributed by atoms with Gasteiger partial charge < -0.3 is 10.2 Å². The van der Waals surface area contributed by atoms with Crippen molar-refractivity contribution in [1.29, 1.82) is 0 Å². The minimum Gasteiger partial charge on any atom is -0.508 e. The molecule has 0 aliphatic carbocycles. The third-order valence-electron chi connectivity index (χ3n) is 2.90. The van der Waals surface area contributed by atoms with Gasteiger partial charge in [0.15, 0.2) is 0 Å². The average molecular weight is 228 g/mol. The highest BCUT2D eigenvalue weighted by molar-refractivity contribution is 5.46. The number of para-hydroxylation sites is 1. The lowest BCUT2D eigenvalue weighted by atomic mass is 9.99. The van der Waals surface area contributed by atoms with Gasteiger partial charge in [-0.15, -0.1) is 0 Å². The maximum Gasteiger partial charge on any atom is 0.122 e. The molecule has 0 radical (unpaired) electrons. The molecule has 88 valence electrons. The fraction of sp³-hybridized carbons (Fsp3) is 0.200. The minimum atomic E-state index is 0.269. The molecule has 0 spiro atoms. The summed E-state index contributed by atoms with van der Waals surface area (Å²) in [7, 11) is 0. The topological polar surface area (TPSA) is 40.5 Å². The first-order chi connectivity index (χ1) is 8.08. The lowest BCUT2D eigenvalue weighted by Crippen LogP contribution is -1.92. The first-order valence-corrected chi connectivity index (χ1v) is 5.64. The van der Waals surface area contributed by atoms with E-state index in [0.29, 0.717) is 12.2 Å². The van der Waals surface area contributed by atoms with Gasteiger partial charge in [-0.3, -0.25) is 0 Å². The maximum absolute atomic E-state index is 9.99. The fourth-order valence-electron chi connectivity index (χ4n) is 2.05. The monoisotopic (exact) mass is 228 g/mol. The van der Waals surface area contributed by atoms with E-state index in [9.17, 15) is 10.2 Å². The highest BCUT2D eigenvalue weighted by Crippen LogP contribution is 2.28. The number of hydrogen-bond acceptors (Lipinski definition) is 2. The minimum absolute atomic E-state index is 0.269. The van der Waals surface area contributed by atoms with Crippen LogP contribution in [0, 0.1) is 13.8 Å². The van der Waals surface area contributed by atoms with Crippen LogP contribution in [0.5, 0.6) is 11.5 Å². The van der Waals surface area contributed by atoms with E-state index >= 15 is 0 Å². The predicted octanol–water partition coefficient (Wildman–Crippen LogP) is 3.31. The Morgan fingerprint density at radius 1 is 0.941 bits per heavy atom. The molecule has 0 aliphatic heterocycles. The highest BCUT2D eigenvalue weighted by Gasteiger charge is 2.08. The van der Waals surface area contributed by atoms with Crippen LogP contribution in [0.25, 0.3) is 0 Å². The Bertz CT molecular complexity index is 545. The van der Waals surface area contributed by atoms with Gasteiger partial charge in [0, 0.05) is 6.42 Å². The van der Waals surface area contributed by atoms with Gasteiger partial charge in [0.2, 0.25) is 0 Å². The van der Waals surface area contributed by atoms with Crippen molar-refractivity contribution in [2.24, 2.45) is 0 Å². The molecule has 2 aromatic carbocycles. The normalized spacial score (nSPS) is 10.5. The quantitative estimate of drug-likeness (QED) is 0.828. The van der Waals surface area contributed by atoms with Gasteiger partial charge in [0.1, 0.15) is 11.5 Å². The fourth-order valence-corrected chi connectivity index (χ4v) is 2.05. The van der Waals surface area contributed by atoms with E-state index in [1.54, 1.807) is 12.1 Å². The van der Waals surface area contributed by atoms with Crippen molar-refractivity contribution in [3.05, 3.63) is 58.7 Å². The Kier molecular flexibility index (Phi) is 3.05. The van der Waals surface area contributed by atoms with Crippen molar-refractivity contribution in [1.82, 2.24) is 0 Å². The van der Waals surface area contributed by atoms with E-state index in [4.69, 9.17) is 0 Å². The van der Waals surface area contributed by atoms with Gasteiger partial charge in [0.25, 0.3) is 0 Å². The van der Waals surface area contributed by atoms with Crippen LogP contribution in [-0.4, -0.2) is 10.2 Å². The molecule has 0 fully saturated rings. The molecule has 0 aliphatic rings. The van der Waals surface area contributed by atoms with Crippen LogP contribution in [0.2, 0.25) is 0 Å². The van der Waals surface area contributed by atoms with Crippen LogP contribution in [0.1, 0.15) is 22.3 Å². The molecule has 0 bridgehead atoms. The van der Waals surface area contributed by atoms with Crippen molar-refractivity contribution in [3.8, 4) is 11.5 Å². The van der Waals surface area contributed by atoms with Crippen molar-refractivity contribution in [2.45, 2.75) is 20.3 Å². The van der Waals surface area contributed by atoms with Crippen LogP contribution < -0.4 is 0 Å². The van der Waals surface area contributed by atoms with Crippen LogP contribution in [-0.2, 0) is 6.42 Å². The first-order valence-electron chi connectivity index (χ1n) is 5.64. The second-order valence-corrected chi connectivity index (χ2v) is 4.40. The van der Waals surface area contributed by atoms with Crippen molar-refractivity contribution < 1.29 is 10.2 Å². The predicted molar refractivity (Wildman–Crippen MR) is 68.5 cm³/mol. The summed E-state index contributed by atoms with van der Waals surface area (Å²) in [6.07, 6.45) is 0.543. The van der Waals surface area contributed by atoms with Gasteiger partial charge in [-0.05, 0) is 36.6 Å². The number of hydrogen-bond donors (Lipinski definition) is 2. The summed E-state index contributed by atoms with van der Waals surface area (Å²) in [5.41, 5.74) is 3.66. The Morgan fingerprint density at radius 3 is 2.35 bits per heavy atom. The average Bonchev–Trinajstić information content (AvgIpc) is 2.28. The van der Waals surface area contributed by atoms with E-state index < -0.39 is 0 Å². The Hall–Kier alpha value is -1.96.